The van der Waals surface area contributed by atoms with E-state index in [0.29, 0.717) is 16.2 Å². The molecule has 2 heterocycles. The van der Waals surface area contributed by atoms with Gasteiger partial charge < -0.3 is 10.6 Å². The number of fused-ring (bicyclic) bond motifs is 1. The Kier molecular flexibility index (Phi) is 5.64. The summed E-state index contributed by atoms with van der Waals surface area (Å²) in [6.45, 7) is 3.47. The lowest BCUT2D eigenvalue weighted by Crippen LogP contribution is -2.24. The molecule has 0 aliphatic heterocycles. The third-order valence-corrected chi connectivity index (χ3v) is 6.88. The number of hydrogen-bond donors (Lipinski definition) is 2. The minimum absolute atomic E-state index is 0.0341. The highest BCUT2D eigenvalue weighted by Crippen LogP contribution is 2.41. The second-order valence-electron chi connectivity index (χ2n) is 8.22. The fraction of sp³-hybridized carbons (Fsp3) is 0.192. The van der Waals surface area contributed by atoms with Gasteiger partial charge in [0.25, 0.3) is 0 Å². The molecule has 1 saturated carbocycles. The van der Waals surface area contributed by atoms with Crippen LogP contribution in [-0.2, 0) is 4.79 Å². The first-order chi connectivity index (χ1) is 16.0. The number of aromatic nitrogens is 2. The second-order valence-corrected chi connectivity index (χ2v) is 9.45. The molecule has 5 rings (SSSR count). The first kappa shape index (κ1) is 21.3. The van der Waals surface area contributed by atoms with E-state index in [1.54, 1.807) is 17.8 Å². The zero-order chi connectivity index (χ0) is 22.9. The Morgan fingerprint density at radius 1 is 1.06 bits per heavy atom. The number of hydrogen-bond acceptors (Lipinski definition) is 5. The van der Waals surface area contributed by atoms with Crippen LogP contribution in [0, 0.1) is 6.92 Å². The second kappa shape index (κ2) is 8.75. The van der Waals surface area contributed by atoms with Gasteiger partial charge in [-0.2, -0.15) is 0 Å². The predicted octanol–water partition coefficient (Wildman–Crippen LogP) is 4.81. The van der Waals surface area contributed by atoms with E-state index in [0.717, 1.165) is 29.0 Å². The summed E-state index contributed by atoms with van der Waals surface area (Å²) in [7, 11) is 0. The highest BCUT2D eigenvalue weighted by Gasteiger charge is 2.39. The van der Waals surface area contributed by atoms with E-state index in [9.17, 15) is 9.59 Å². The molecule has 1 fully saturated rings. The summed E-state index contributed by atoms with van der Waals surface area (Å²) in [5.74, 6) is 0.655. The molecule has 1 aliphatic rings. The molecule has 4 aromatic rings. The van der Waals surface area contributed by atoms with Gasteiger partial charge in [-0.15, -0.1) is 0 Å². The Hall–Kier alpha value is -3.58. The van der Waals surface area contributed by atoms with Gasteiger partial charge in [0.1, 0.15) is 10.8 Å². The van der Waals surface area contributed by atoms with Crippen LogP contribution in [0.4, 0.5) is 11.5 Å². The molecule has 1 aliphatic carbocycles. The highest BCUT2D eigenvalue weighted by atomic mass is 32.2. The normalized spacial score (nSPS) is 17.0. The number of pyridine rings is 2. The van der Waals surface area contributed by atoms with Crippen LogP contribution < -0.4 is 16.1 Å². The van der Waals surface area contributed by atoms with Crippen LogP contribution >= 0.6 is 11.8 Å². The topological polar surface area (TPSA) is 76.0 Å². The molecule has 0 bridgehead atoms. The Balaban J connectivity index is 1.67. The fourth-order valence-electron chi connectivity index (χ4n) is 3.99. The highest BCUT2D eigenvalue weighted by molar-refractivity contribution is 8.00. The third-order valence-electron chi connectivity index (χ3n) is 5.53. The van der Waals surface area contributed by atoms with E-state index >= 15 is 0 Å². The van der Waals surface area contributed by atoms with E-state index in [1.165, 1.54) is 6.92 Å². The SMILES string of the molecule is CC(=O)NC1CC1Sc1nc(C)cc2c1c(=O)cc(Nc1ccccc1)n2-c1ccccc1. The fourth-order valence-corrected chi connectivity index (χ4v) is 5.33. The quantitative estimate of drug-likeness (QED) is 0.436. The van der Waals surface area contributed by atoms with Crippen LogP contribution in [0.3, 0.4) is 0 Å². The number of nitrogens with one attached hydrogen (secondary N) is 2. The maximum atomic E-state index is 13.4. The van der Waals surface area contributed by atoms with Crippen molar-refractivity contribution in [2.75, 3.05) is 5.32 Å². The number of anilines is 2. The van der Waals surface area contributed by atoms with Crippen LogP contribution in [0.5, 0.6) is 0 Å². The molecule has 166 valence electrons. The number of thioether (sulfide) groups is 1. The lowest BCUT2D eigenvalue weighted by molar-refractivity contribution is -0.119. The van der Waals surface area contributed by atoms with Gasteiger partial charge in [-0.1, -0.05) is 48.2 Å². The molecule has 2 N–H and O–H groups in total. The van der Waals surface area contributed by atoms with Crippen LogP contribution in [0.15, 0.2) is 82.6 Å². The van der Waals surface area contributed by atoms with Gasteiger partial charge in [-0.25, -0.2) is 4.98 Å². The van der Waals surface area contributed by atoms with Crippen molar-refractivity contribution in [3.05, 3.63) is 88.7 Å². The predicted molar refractivity (Wildman–Crippen MR) is 134 cm³/mol. The maximum Gasteiger partial charge on any atom is 0.217 e. The lowest BCUT2D eigenvalue weighted by Gasteiger charge is -2.19. The minimum atomic E-state index is -0.0812. The molecule has 2 aromatic heterocycles. The van der Waals surface area contributed by atoms with Gasteiger partial charge in [0, 0.05) is 41.4 Å². The molecule has 0 saturated heterocycles. The molecule has 1 amide bonds. The molecule has 2 unspecified atom stereocenters. The zero-order valence-corrected chi connectivity index (χ0v) is 19.2. The van der Waals surface area contributed by atoms with Crippen LogP contribution in [0.2, 0.25) is 0 Å². The molecule has 0 spiro atoms. The number of benzene rings is 2. The Bertz CT molecular complexity index is 1390. The number of rotatable bonds is 6. The minimum Gasteiger partial charge on any atom is -0.352 e. The van der Waals surface area contributed by atoms with E-state index < -0.39 is 0 Å². The van der Waals surface area contributed by atoms with E-state index in [-0.39, 0.29) is 22.6 Å². The van der Waals surface area contributed by atoms with Crippen molar-refractivity contribution in [2.45, 2.75) is 36.6 Å². The Morgan fingerprint density at radius 2 is 1.76 bits per heavy atom. The maximum absolute atomic E-state index is 13.4. The first-order valence-corrected chi connectivity index (χ1v) is 11.8. The summed E-state index contributed by atoms with van der Waals surface area (Å²) in [5, 5.41) is 7.90. The number of nitrogens with zero attached hydrogens (tertiary/aromatic N) is 2. The number of carbonyl (C=O) groups is 1. The molecule has 33 heavy (non-hydrogen) atoms. The standard InChI is InChI=1S/C26H24N4O2S/c1-16-13-21-25(26(27-16)33-23-14-20(23)28-17(2)31)22(32)15-24(29-18-9-5-3-6-10-18)30(21)19-11-7-4-8-12-19/h3-13,15,20,23,29H,14H2,1-2H3,(H,28,31). The van der Waals surface area contributed by atoms with E-state index in [2.05, 4.69) is 15.2 Å². The van der Waals surface area contributed by atoms with Crippen molar-refractivity contribution in [3.8, 4) is 5.69 Å². The first-order valence-electron chi connectivity index (χ1n) is 10.9. The number of amides is 1. The van der Waals surface area contributed by atoms with Crippen LogP contribution in [0.1, 0.15) is 19.0 Å². The monoisotopic (exact) mass is 456 g/mol. The summed E-state index contributed by atoms with van der Waals surface area (Å²) in [4.78, 5) is 29.5. The van der Waals surface area contributed by atoms with Crippen molar-refractivity contribution < 1.29 is 4.79 Å². The van der Waals surface area contributed by atoms with Gasteiger partial charge in [-0.05, 0) is 43.7 Å². The van der Waals surface area contributed by atoms with Crippen LogP contribution in [0.25, 0.3) is 16.6 Å². The van der Waals surface area contributed by atoms with Gasteiger partial charge in [0.15, 0.2) is 5.43 Å². The average Bonchev–Trinajstić information content (AvgIpc) is 3.50. The Morgan fingerprint density at radius 3 is 2.45 bits per heavy atom. The zero-order valence-electron chi connectivity index (χ0n) is 18.4. The summed E-state index contributed by atoms with van der Waals surface area (Å²) in [6, 6.07) is 23.5. The van der Waals surface area contributed by atoms with Crippen molar-refractivity contribution in [1.29, 1.82) is 0 Å². The molecule has 7 heteroatoms. The molecule has 0 radical (unpaired) electrons. The average molecular weight is 457 g/mol. The summed E-state index contributed by atoms with van der Waals surface area (Å²) < 4.78 is 2.07. The number of aryl methyl sites for hydroxylation is 1. The van der Waals surface area contributed by atoms with Crippen LogP contribution in [-0.4, -0.2) is 26.8 Å². The summed E-state index contributed by atoms with van der Waals surface area (Å²) in [5.41, 5.74) is 3.41. The third kappa shape index (κ3) is 4.50. The van der Waals surface area contributed by atoms with Crippen molar-refractivity contribution in [1.82, 2.24) is 14.9 Å². The summed E-state index contributed by atoms with van der Waals surface area (Å²) in [6.07, 6.45) is 0.877. The molecular weight excluding hydrogens is 432 g/mol. The summed E-state index contributed by atoms with van der Waals surface area (Å²) >= 11 is 1.57. The smallest absolute Gasteiger partial charge is 0.217 e. The molecule has 2 aromatic carbocycles. The van der Waals surface area contributed by atoms with Gasteiger partial charge in [0.2, 0.25) is 5.91 Å². The molecular formula is C26H24N4O2S. The molecule has 2 atom stereocenters. The number of para-hydroxylation sites is 2. The number of carbonyl (C=O) groups excluding carboxylic acids is 1. The molecule has 6 nitrogen and oxygen atoms in total. The van der Waals surface area contributed by atoms with Gasteiger partial charge in [-0.3, -0.25) is 14.2 Å². The van der Waals surface area contributed by atoms with Crippen molar-refractivity contribution >= 4 is 40.1 Å². The lowest BCUT2D eigenvalue weighted by atomic mass is 10.2. The van der Waals surface area contributed by atoms with Crippen molar-refractivity contribution in [2.24, 2.45) is 0 Å². The Labute approximate surface area is 196 Å². The van der Waals surface area contributed by atoms with Gasteiger partial charge in [0.05, 0.1) is 10.9 Å². The van der Waals surface area contributed by atoms with Gasteiger partial charge >= 0.3 is 0 Å². The van der Waals surface area contributed by atoms with E-state index in [4.69, 9.17) is 4.98 Å². The van der Waals surface area contributed by atoms with E-state index in [1.807, 2.05) is 73.7 Å². The van der Waals surface area contributed by atoms with Crippen molar-refractivity contribution in [3.63, 3.8) is 0 Å². The largest absolute Gasteiger partial charge is 0.352 e.